The zero-order chi connectivity index (χ0) is 18.1. The average molecular weight is 367 g/mol. The summed E-state index contributed by atoms with van der Waals surface area (Å²) < 4.78 is 0. The van der Waals surface area contributed by atoms with E-state index in [1.807, 2.05) is 23.5 Å². The minimum absolute atomic E-state index is 0.0323. The largest absolute Gasteiger partial charge is 0.376 e. The second kappa shape index (κ2) is 7.28. The van der Waals surface area contributed by atoms with Gasteiger partial charge in [0.15, 0.2) is 0 Å². The number of carbonyl (C=O) groups is 1. The molecule has 0 bridgehead atoms. The van der Waals surface area contributed by atoms with E-state index in [1.54, 1.807) is 0 Å². The number of thiophene rings is 1. The molecule has 2 aliphatic rings. The third-order valence-electron chi connectivity index (χ3n) is 5.64. The van der Waals surface area contributed by atoms with E-state index in [1.165, 1.54) is 16.0 Å². The Morgan fingerprint density at radius 3 is 3.00 bits per heavy atom. The normalized spacial score (nSPS) is 23.2. The predicted octanol–water partition coefficient (Wildman–Crippen LogP) is 5.41. The van der Waals surface area contributed by atoms with E-state index in [9.17, 15) is 4.79 Å². The smallest absolute Gasteiger partial charge is 0.253 e. The number of nitrogens with one attached hydrogen (secondary N) is 2. The minimum Gasteiger partial charge on any atom is -0.376 e. The molecule has 0 radical (unpaired) electrons. The summed E-state index contributed by atoms with van der Waals surface area (Å²) in [5.74, 6) is 0.948. The highest BCUT2D eigenvalue weighted by Gasteiger charge is 2.40. The van der Waals surface area contributed by atoms with Gasteiger partial charge in [0.1, 0.15) is 0 Å². The molecular weight excluding hydrogens is 340 g/mol. The zero-order valence-corrected chi connectivity index (χ0v) is 16.2. The van der Waals surface area contributed by atoms with Gasteiger partial charge in [0.25, 0.3) is 5.91 Å². The van der Waals surface area contributed by atoms with Crippen LogP contribution in [0.5, 0.6) is 0 Å². The maximum Gasteiger partial charge on any atom is 0.253 e. The molecule has 1 aliphatic heterocycles. The molecule has 1 amide bonds. The number of amides is 1. The molecule has 1 aromatic heterocycles. The summed E-state index contributed by atoms with van der Waals surface area (Å²) in [4.78, 5) is 14.2. The molecule has 0 fully saturated rings. The lowest BCUT2D eigenvalue weighted by molar-refractivity contribution is 0.0953. The highest BCUT2D eigenvalue weighted by atomic mass is 32.1. The van der Waals surface area contributed by atoms with Gasteiger partial charge in [-0.05, 0) is 54.3 Å². The Balaban J connectivity index is 1.71. The summed E-state index contributed by atoms with van der Waals surface area (Å²) in [6.45, 7) is 5.06. The lowest BCUT2D eigenvalue weighted by Gasteiger charge is -2.38. The first-order chi connectivity index (χ1) is 12.7. The molecule has 2 N–H and O–H groups in total. The van der Waals surface area contributed by atoms with Gasteiger partial charge in [0.2, 0.25) is 0 Å². The van der Waals surface area contributed by atoms with Crippen LogP contribution in [0.25, 0.3) is 0 Å². The fraction of sp³-hybridized carbons (Fsp3) is 0.409. The van der Waals surface area contributed by atoms with Crippen molar-refractivity contribution in [3.8, 4) is 0 Å². The van der Waals surface area contributed by atoms with Crippen LogP contribution < -0.4 is 10.6 Å². The van der Waals surface area contributed by atoms with Gasteiger partial charge in [0, 0.05) is 17.3 Å². The number of rotatable bonds is 5. The van der Waals surface area contributed by atoms with Gasteiger partial charge >= 0.3 is 0 Å². The first-order valence-electron chi connectivity index (χ1n) is 9.59. The number of aryl methyl sites for hydroxylation is 1. The minimum atomic E-state index is 0.0323. The summed E-state index contributed by atoms with van der Waals surface area (Å²) in [5.41, 5.74) is 4.40. The van der Waals surface area contributed by atoms with Gasteiger partial charge in [-0.2, -0.15) is 0 Å². The molecule has 3 unspecified atom stereocenters. The highest BCUT2D eigenvalue weighted by Crippen LogP contribution is 2.51. The van der Waals surface area contributed by atoms with E-state index < -0.39 is 0 Å². The molecule has 0 saturated carbocycles. The van der Waals surface area contributed by atoms with Gasteiger partial charge in [-0.1, -0.05) is 37.6 Å². The number of allylic oxidation sites excluding steroid dienone is 2. The molecule has 4 heteroatoms. The molecule has 1 aliphatic carbocycles. The molecule has 136 valence electrons. The van der Waals surface area contributed by atoms with Crippen LogP contribution in [-0.4, -0.2) is 12.5 Å². The third-order valence-corrected chi connectivity index (χ3v) is 6.74. The molecule has 4 rings (SSSR count). The van der Waals surface area contributed by atoms with Crippen LogP contribution in [0.1, 0.15) is 64.5 Å². The van der Waals surface area contributed by atoms with Crippen LogP contribution in [0.15, 0.2) is 41.8 Å². The van der Waals surface area contributed by atoms with E-state index in [4.69, 9.17) is 0 Å². The average Bonchev–Trinajstić information content (AvgIpc) is 3.30. The molecule has 3 atom stereocenters. The molecule has 1 aromatic carbocycles. The quantitative estimate of drug-likeness (QED) is 0.548. The van der Waals surface area contributed by atoms with Crippen LogP contribution in [-0.2, 0) is 0 Å². The highest BCUT2D eigenvalue weighted by molar-refractivity contribution is 7.10. The summed E-state index contributed by atoms with van der Waals surface area (Å²) in [7, 11) is 0. The predicted molar refractivity (Wildman–Crippen MR) is 109 cm³/mol. The summed E-state index contributed by atoms with van der Waals surface area (Å²) in [6, 6.07) is 8.61. The number of unbranched alkanes of at least 4 members (excludes halogenated alkanes) is 1. The van der Waals surface area contributed by atoms with Crippen LogP contribution in [0.2, 0.25) is 0 Å². The molecular formula is C22H26N2OS. The fourth-order valence-electron chi connectivity index (χ4n) is 4.25. The zero-order valence-electron chi connectivity index (χ0n) is 15.4. The van der Waals surface area contributed by atoms with Crippen LogP contribution in [0, 0.1) is 12.8 Å². The Kier molecular flexibility index (Phi) is 4.86. The Morgan fingerprint density at radius 1 is 1.35 bits per heavy atom. The first kappa shape index (κ1) is 17.3. The maximum atomic E-state index is 12.8. The summed E-state index contributed by atoms with van der Waals surface area (Å²) >= 11 is 1.82. The second-order valence-electron chi connectivity index (χ2n) is 7.32. The van der Waals surface area contributed by atoms with Gasteiger partial charge in [0.05, 0.1) is 17.3 Å². The Bertz CT molecular complexity index is 838. The van der Waals surface area contributed by atoms with Crippen molar-refractivity contribution >= 4 is 22.9 Å². The molecule has 2 heterocycles. The first-order valence-corrected chi connectivity index (χ1v) is 10.5. The standard InChI is InChI=1S/C22H26N2OS/c1-3-4-12-23-22(25)18-10-6-8-16-15-7-5-9-17(15)20(24-19(16)18)21-14(2)11-13-26-21/h5-8,10-11,13,15,17,20,24H,3-4,9,12H2,1-2H3,(H,23,25). The lowest BCUT2D eigenvalue weighted by Crippen LogP contribution is -2.32. The number of hydrogen-bond acceptors (Lipinski definition) is 3. The van der Waals surface area contributed by atoms with Crippen molar-refractivity contribution in [2.45, 2.75) is 45.1 Å². The van der Waals surface area contributed by atoms with Crippen molar-refractivity contribution in [2.75, 3.05) is 11.9 Å². The van der Waals surface area contributed by atoms with Crippen LogP contribution in [0.4, 0.5) is 5.69 Å². The number of hydrogen-bond donors (Lipinski definition) is 2. The van der Waals surface area contributed by atoms with E-state index in [-0.39, 0.29) is 11.9 Å². The van der Waals surface area contributed by atoms with E-state index in [0.29, 0.717) is 11.8 Å². The van der Waals surface area contributed by atoms with Crippen molar-refractivity contribution in [1.29, 1.82) is 0 Å². The number of para-hydroxylation sites is 1. The Labute approximate surface area is 159 Å². The molecule has 2 aromatic rings. The summed E-state index contributed by atoms with van der Waals surface area (Å²) in [5, 5.41) is 9.01. The number of carbonyl (C=O) groups excluding carboxylic acids is 1. The van der Waals surface area contributed by atoms with Crippen molar-refractivity contribution in [2.24, 2.45) is 5.92 Å². The second-order valence-corrected chi connectivity index (χ2v) is 8.27. The Hall–Kier alpha value is -2.07. The van der Waals surface area contributed by atoms with Crippen molar-refractivity contribution in [1.82, 2.24) is 5.32 Å². The number of fused-ring (bicyclic) bond motifs is 3. The van der Waals surface area contributed by atoms with Crippen molar-refractivity contribution in [3.05, 3.63) is 63.4 Å². The SMILES string of the molecule is CCCCNC(=O)c1cccc2c1NC(c1sccc1C)C1CC=CC21. The summed E-state index contributed by atoms with van der Waals surface area (Å²) in [6.07, 6.45) is 7.82. The topological polar surface area (TPSA) is 41.1 Å². The van der Waals surface area contributed by atoms with Gasteiger partial charge < -0.3 is 10.6 Å². The molecule has 3 nitrogen and oxygen atoms in total. The maximum absolute atomic E-state index is 12.8. The van der Waals surface area contributed by atoms with E-state index in [2.05, 4.69) is 54.1 Å². The monoisotopic (exact) mass is 366 g/mol. The molecule has 0 saturated heterocycles. The third kappa shape index (κ3) is 2.96. The van der Waals surface area contributed by atoms with Gasteiger partial charge in [-0.25, -0.2) is 0 Å². The Morgan fingerprint density at radius 2 is 2.23 bits per heavy atom. The fourth-order valence-corrected chi connectivity index (χ4v) is 5.30. The lowest BCUT2D eigenvalue weighted by atomic mass is 9.77. The van der Waals surface area contributed by atoms with E-state index in [0.717, 1.165) is 37.1 Å². The van der Waals surface area contributed by atoms with E-state index >= 15 is 0 Å². The number of anilines is 1. The van der Waals surface area contributed by atoms with Crippen LogP contribution >= 0.6 is 11.3 Å². The van der Waals surface area contributed by atoms with Gasteiger partial charge in [-0.15, -0.1) is 11.3 Å². The van der Waals surface area contributed by atoms with Crippen molar-refractivity contribution in [3.63, 3.8) is 0 Å². The molecule has 26 heavy (non-hydrogen) atoms. The molecule has 0 spiro atoms. The number of benzene rings is 1. The van der Waals surface area contributed by atoms with Gasteiger partial charge in [-0.3, -0.25) is 4.79 Å². The van der Waals surface area contributed by atoms with Crippen molar-refractivity contribution < 1.29 is 4.79 Å². The van der Waals surface area contributed by atoms with Crippen LogP contribution in [0.3, 0.4) is 0 Å².